The summed E-state index contributed by atoms with van der Waals surface area (Å²) in [5.41, 5.74) is 5.51. The Kier molecular flexibility index (Phi) is 8.16. The molecule has 1 aliphatic rings. The minimum atomic E-state index is -1.74. The number of esters is 3. The lowest BCUT2D eigenvalue weighted by Crippen LogP contribution is -2.50. The van der Waals surface area contributed by atoms with Gasteiger partial charge in [-0.25, -0.2) is 19.4 Å². The van der Waals surface area contributed by atoms with Crippen molar-refractivity contribution in [1.82, 2.24) is 19.5 Å². The third-order valence-corrected chi connectivity index (χ3v) is 7.49. The second-order valence-corrected chi connectivity index (χ2v) is 10.7. The molecule has 45 heavy (non-hydrogen) atoms. The van der Waals surface area contributed by atoms with Crippen LogP contribution in [0.15, 0.2) is 97.3 Å². The van der Waals surface area contributed by atoms with E-state index >= 15 is 0 Å². The zero-order valence-electron chi connectivity index (χ0n) is 23.8. The summed E-state index contributed by atoms with van der Waals surface area (Å²) in [7, 11) is 0. The molecule has 13 heteroatoms. The fraction of sp³-hybridized carbons (Fsp3) is 0.188. The van der Waals surface area contributed by atoms with E-state index in [1.807, 2.05) is 0 Å². The van der Waals surface area contributed by atoms with E-state index in [4.69, 9.17) is 36.3 Å². The van der Waals surface area contributed by atoms with Gasteiger partial charge in [0.05, 0.1) is 23.0 Å². The van der Waals surface area contributed by atoms with Crippen molar-refractivity contribution in [3.05, 3.63) is 119 Å². The van der Waals surface area contributed by atoms with Gasteiger partial charge in [-0.05, 0) is 54.9 Å². The molecule has 0 amide bonds. The molecule has 228 valence electrons. The van der Waals surface area contributed by atoms with Crippen LogP contribution in [0.3, 0.4) is 0 Å². The minimum Gasteiger partial charge on any atom is -0.459 e. The molecule has 0 bridgehead atoms. The van der Waals surface area contributed by atoms with Crippen molar-refractivity contribution in [2.45, 2.75) is 31.0 Å². The van der Waals surface area contributed by atoms with Gasteiger partial charge in [0.15, 0.2) is 29.4 Å². The fourth-order valence-electron chi connectivity index (χ4n) is 5.14. The first kappa shape index (κ1) is 29.7. The van der Waals surface area contributed by atoms with Crippen LogP contribution < -0.4 is 5.73 Å². The maximum Gasteiger partial charge on any atom is 0.338 e. The molecule has 0 spiro atoms. The summed E-state index contributed by atoms with van der Waals surface area (Å²) in [5, 5.41) is -0.150. The van der Waals surface area contributed by atoms with Crippen molar-refractivity contribution in [1.29, 1.82) is 0 Å². The van der Waals surface area contributed by atoms with Gasteiger partial charge in [-0.2, -0.15) is 9.97 Å². The Labute approximate surface area is 261 Å². The highest BCUT2D eigenvalue weighted by Gasteiger charge is 2.60. The van der Waals surface area contributed by atoms with E-state index in [0.717, 1.165) is 0 Å². The Balaban J connectivity index is 1.43. The zero-order chi connectivity index (χ0) is 31.6. The number of anilines is 1. The third kappa shape index (κ3) is 5.93. The molecule has 1 fully saturated rings. The number of nitrogen functional groups attached to an aromatic ring is 1. The van der Waals surface area contributed by atoms with E-state index in [1.165, 1.54) is 10.9 Å². The smallest absolute Gasteiger partial charge is 0.338 e. The predicted octanol–water partition coefficient (Wildman–Crippen LogP) is 4.66. The van der Waals surface area contributed by atoms with E-state index in [0.29, 0.717) is 5.56 Å². The van der Waals surface area contributed by atoms with Crippen LogP contribution >= 0.6 is 11.6 Å². The Bertz CT molecular complexity index is 1860. The lowest BCUT2D eigenvalue weighted by Gasteiger charge is -2.34. The van der Waals surface area contributed by atoms with Crippen molar-refractivity contribution >= 4 is 46.5 Å². The highest BCUT2D eigenvalue weighted by Crippen LogP contribution is 2.45. The summed E-state index contributed by atoms with van der Waals surface area (Å²) in [6.07, 6.45) is -2.25. The fourth-order valence-corrected chi connectivity index (χ4v) is 5.31. The standard InChI is InChI=1S/C32H26ClN5O7/c1-32(45-29(41)21-15-9-4-10-16-21)24(44-28(40)20-13-7-3-8-14-20)22(17-42-27(39)19-11-5-2-6-12-19)43-30(32)38-18-35-23-25(34)36-31(33)37-26(23)38/h2-16,18,22,24,30H,17H2,1H3,(H2,34,36,37)/t22-,24?,30-,32+/m1/s1. The van der Waals surface area contributed by atoms with Gasteiger partial charge in [0.2, 0.25) is 5.28 Å². The molecule has 5 aromatic rings. The topological polar surface area (TPSA) is 158 Å². The van der Waals surface area contributed by atoms with E-state index in [1.54, 1.807) is 97.9 Å². The molecule has 3 aromatic carbocycles. The molecule has 4 atom stereocenters. The lowest BCUT2D eigenvalue weighted by molar-refractivity contribution is -0.108. The van der Waals surface area contributed by atoms with Gasteiger partial charge < -0.3 is 24.7 Å². The first-order chi connectivity index (χ1) is 21.7. The molecule has 1 aliphatic heterocycles. The summed E-state index contributed by atoms with van der Waals surface area (Å²) in [5.74, 6) is -2.04. The zero-order valence-corrected chi connectivity index (χ0v) is 24.5. The predicted molar refractivity (Wildman–Crippen MR) is 161 cm³/mol. The Morgan fingerprint density at radius 2 is 1.42 bits per heavy atom. The second-order valence-electron chi connectivity index (χ2n) is 10.3. The number of benzene rings is 3. The van der Waals surface area contributed by atoms with Crippen LogP contribution in [0.5, 0.6) is 0 Å². The number of rotatable bonds is 8. The Morgan fingerprint density at radius 1 is 0.867 bits per heavy atom. The molecule has 0 saturated carbocycles. The SMILES string of the molecule is C[C@]1(OC(=O)c2ccccc2)C(OC(=O)c2ccccc2)[C@@H](COC(=O)c2ccccc2)O[C@H]1n1cnc2c(N)nc(Cl)nc21. The summed E-state index contributed by atoms with van der Waals surface area (Å²) in [6, 6.07) is 25.0. The van der Waals surface area contributed by atoms with Gasteiger partial charge >= 0.3 is 17.9 Å². The molecule has 0 radical (unpaired) electrons. The van der Waals surface area contributed by atoms with Crippen LogP contribution in [0, 0.1) is 0 Å². The number of carbonyl (C=O) groups is 3. The first-order valence-corrected chi connectivity index (χ1v) is 14.2. The van der Waals surface area contributed by atoms with E-state index in [-0.39, 0.29) is 40.0 Å². The van der Waals surface area contributed by atoms with Crippen LogP contribution in [0.4, 0.5) is 5.82 Å². The summed E-state index contributed by atoms with van der Waals surface area (Å²) >= 11 is 6.14. The number of nitrogens with two attached hydrogens (primary N) is 1. The highest BCUT2D eigenvalue weighted by molar-refractivity contribution is 6.28. The quantitative estimate of drug-likeness (QED) is 0.145. The van der Waals surface area contributed by atoms with Gasteiger partial charge in [-0.15, -0.1) is 0 Å². The van der Waals surface area contributed by atoms with Crippen LogP contribution in [0.25, 0.3) is 11.2 Å². The molecule has 1 unspecified atom stereocenters. The minimum absolute atomic E-state index is 0.0186. The van der Waals surface area contributed by atoms with Crippen LogP contribution in [0.2, 0.25) is 5.28 Å². The van der Waals surface area contributed by atoms with E-state index in [2.05, 4.69) is 15.0 Å². The van der Waals surface area contributed by atoms with Crippen molar-refractivity contribution in [2.75, 3.05) is 12.3 Å². The molecule has 2 aromatic heterocycles. The summed E-state index contributed by atoms with van der Waals surface area (Å²) < 4.78 is 25.7. The number of hydrogen-bond donors (Lipinski definition) is 1. The van der Waals surface area contributed by atoms with Gasteiger partial charge in [-0.3, -0.25) is 4.57 Å². The van der Waals surface area contributed by atoms with Gasteiger partial charge in [0.25, 0.3) is 0 Å². The number of aromatic nitrogens is 4. The van der Waals surface area contributed by atoms with Crippen LogP contribution in [0.1, 0.15) is 44.2 Å². The first-order valence-electron chi connectivity index (χ1n) is 13.8. The Morgan fingerprint density at radius 3 is 2.02 bits per heavy atom. The molecule has 0 aliphatic carbocycles. The van der Waals surface area contributed by atoms with Gasteiger partial charge in [0, 0.05) is 0 Å². The van der Waals surface area contributed by atoms with Crippen molar-refractivity contribution in [2.24, 2.45) is 0 Å². The number of nitrogens with zero attached hydrogens (tertiary/aromatic N) is 4. The van der Waals surface area contributed by atoms with Crippen LogP contribution in [-0.4, -0.2) is 61.8 Å². The third-order valence-electron chi connectivity index (χ3n) is 7.32. The van der Waals surface area contributed by atoms with Crippen LogP contribution in [-0.2, 0) is 18.9 Å². The second kappa shape index (κ2) is 12.3. The molecule has 1 saturated heterocycles. The number of fused-ring (bicyclic) bond motifs is 1. The average Bonchev–Trinajstić information content (AvgIpc) is 3.59. The molecule has 3 heterocycles. The molecule has 12 nitrogen and oxygen atoms in total. The van der Waals surface area contributed by atoms with E-state index in [9.17, 15) is 14.4 Å². The summed E-state index contributed by atoms with van der Waals surface area (Å²) in [4.78, 5) is 52.5. The van der Waals surface area contributed by atoms with Gasteiger partial charge in [-0.1, -0.05) is 54.6 Å². The average molecular weight is 628 g/mol. The number of hydrogen-bond acceptors (Lipinski definition) is 11. The van der Waals surface area contributed by atoms with Crippen molar-refractivity contribution in [3.8, 4) is 0 Å². The maximum absolute atomic E-state index is 13.6. The van der Waals surface area contributed by atoms with Gasteiger partial charge in [0.1, 0.15) is 18.2 Å². The largest absolute Gasteiger partial charge is 0.459 e. The lowest BCUT2D eigenvalue weighted by atomic mass is 9.95. The maximum atomic E-state index is 13.6. The van der Waals surface area contributed by atoms with Crippen molar-refractivity contribution < 1.29 is 33.3 Å². The van der Waals surface area contributed by atoms with E-state index < -0.39 is 41.9 Å². The molecular formula is C32H26ClN5O7. The van der Waals surface area contributed by atoms with Crippen molar-refractivity contribution in [3.63, 3.8) is 0 Å². The summed E-state index contributed by atoms with van der Waals surface area (Å²) in [6.45, 7) is 1.19. The number of halogens is 1. The molecule has 6 rings (SSSR count). The molecule has 2 N–H and O–H groups in total. The number of ether oxygens (including phenoxy) is 4. The Hall–Kier alpha value is -5.33. The number of imidazole rings is 1. The normalized spacial score (nSPS) is 20.9. The number of carbonyl (C=O) groups excluding carboxylic acids is 3. The molecular weight excluding hydrogens is 602 g/mol. The monoisotopic (exact) mass is 627 g/mol. The highest BCUT2D eigenvalue weighted by atomic mass is 35.5.